The molecule has 0 N–H and O–H groups in total. The van der Waals surface area contributed by atoms with Crippen molar-refractivity contribution in [1.29, 1.82) is 5.26 Å². The highest BCUT2D eigenvalue weighted by molar-refractivity contribution is 9.10. The van der Waals surface area contributed by atoms with Gasteiger partial charge in [0.05, 0.1) is 18.4 Å². The van der Waals surface area contributed by atoms with Crippen molar-refractivity contribution < 1.29 is 4.42 Å². The zero-order valence-corrected chi connectivity index (χ0v) is 15.3. The van der Waals surface area contributed by atoms with E-state index in [9.17, 15) is 5.26 Å². The molecular formula is C19H11BrClN3O. The summed E-state index contributed by atoms with van der Waals surface area (Å²) >= 11 is 9.42. The summed E-state index contributed by atoms with van der Waals surface area (Å²) < 4.78 is 8.34. The standard InChI is InChI=1S/C19H11BrClN3O/c20-15-3-6-18-17(7-15)14(11-25-18)10-24-9-13(8-22)19(23-24)12-1-4-16(21)5-2-12/h1-7,9,11H,10H2. The van der Waals surface area contributed by atoms with E-state index in [0.717, 1.165) is 26.6 Å². The van der Waals surface area contributed by atoms with Crippen LogP contribution >= 0.6 is 27.5 Å². The molecule has 4 nitrogen and oxygen atoms in total. The van der Waals surface area contributed by atoms with Gasteiger partial charge in [-0.25, -0.2) is 0 Å². The number of aromatic nitrogens is 2. The maximum Gasteiger partial charge on any atom is 0.134 e. The maximum atomic E-state index is 9.43. The van der Waals surface area contributed by atoms with Crippen LogP contribution in [0.3, 0.4) is 0 Å². The van der Waals surface area contributed by atoms with Crippen molar-refractivity contribution in [2.45, 2.75) is 6.54 Å². The molecular weight excluding hydrogens is 402 g/mol. The molecule has 4 aromatic rings. The molecule has 0 saturated carbocycles. The molecule has 2 aromatic carbocycles. The highest BCUT2D eigenvalue weighted by atomic mass is 79.9. The Morgan fingerprint density at radius 3 is 2.76 bits per heavy atom. The summed E-state index contributed by atoms with van der Waals surface area (Å²) in [7, 11) is 0. The van der Waals surface area contributed by atoms with Crippen molar-refractivity contribution in [2.75, 3.05) is 0 Å². The average molecular weight is 413 g/mol. The van der Waals surface area contributed by atoms with Crippen LogP contribution in [0.1, 0.15) is 11.1 Å². The molecule has 4 rings (SSSR count). The Hall–Kier alpha value is -2.55. The van der Waals surface area contributed by atoms with E-state index in [1.807, 2.05) is 30.3 Å². The minimum Gasteiger partial charge on any atom is -0.464 e. The summed E-state index contributed by atoms with van der Waals surface area (Å²) in [6.07, 6.45) is 3.48. The Morgan fingerprint density at radius 2 is 2.00 bits per heavy atom. The molecule has 25 heavy (non-hydrogen) atoms. The third-order valence-corrected chi connectivity index (χ3v) is 4.69. The van der Waals surface area contributed by atoms with Gasteiger partial charge in [0.15, 0.2) is 0 Å². The first-order valence-corrected chi connectivity index (χ1v) is 8.70. The normalized spacial score (nSPS) is 10.9. The summed E-state index contributed by atoms with van der Waals surface area (Å²) in [4.78, 5) is 0. The third kappa shape index (κ3) is 3.07. The van der Waals surface area contributed by atoms with Gasteiger partial charge in [-0.1, -0.05) is 39.7 Å². The lowest BCUT2D eigenvalue weighted by molar-refractivity contribution is 0.601. The number of nitriles is 1. The molecule has 0 radical (unpaired) electrons. The first-order valence-electron chi connectivity index (χ1n) is 7.53. The van der Waals surface area contributed by atoms with Crippen LogP contribution in [0.5, 0.6) is 0 Å². The quantitative estimate of drug-likeness (QED) is 0.438. The van der Waals surface area contributed by atoms with E-state index in [0.29, 0.717) is 22.8 Å². The molecule has 0 spiro atoms. The number of benzene rings is 2. The van der Waals surface area contributed by atoms with Crippen molar-refractivity contribution in [2.24, 2.45) is 0 Å². The zero-order chi connectivity index (χ0) is 17.4. The SMILES string of the molecule is N#Cc1cn(Cc2coc3ccc(Br)cc23)nc1-c1ccc(Cl)cc1. The molecule has 0 atom stereocenters. The number of hydrogen-bond acceptors (Lipinski definition) is 3. The molecule has 0 unspecified atom stereocenters. The van der Waals surface area contributed by atoms with Gasteiger partial charge in [-0.15, -0.1) is 0 Å². The molecule has 0 aliphatic rings. The number of hydrogen-bond donors (Lipinski definition) is 0. The van der Waals surface area contributed by atoms with E-state index in [1.54, 1.807) is 29.3 Å². The van der Waals surface area contributed by atoms with Gasteiger partial charge in [0.2, 0.25) is 0 Å². The van der Waals surface area contributed by atoms with Gasteiger partial charge in [0, 0.05) is 32.2 Å². The number of nitrogens with zero attached hydrogens (tertiary/aromatic N) is 3. The van der Waals surface area contributed by atoms with Crippen LogP contribution in [0.25, 0.3) is 22.2 Å². The first-order chi connectivity index (χ1) is 12.1. The Morgan fingerprint density at radius 1 is 1.20 bits per heavy atom. The minimum absolute atomic E-state index is 0.520. The predicted octanol–water partition coefficient (Wildman–Crippen LogP) is 5.63. The molecule has 6 heteroatoms. The minimum atomic E-state index is 0.520. The van der Waals surface area contributed by atoms with Gasteiger partial charge >= 0.3 is 0 Å². The van der Waals surface area contributed by atoms with E-state index in [2.05, 4.69) is 27.1 Å². The number of halogens is 2. The fraction of sp³-hybridized carbons (Fsp3) is 0.0526. The molecule has 0 aliphatic heterocycles. The highest BCUT2D eigenvalue weighted by Crippen LogP contribution is 2.27. The van der Waals surface area contributed by atoms with Crippen LogP contribution in [0.4, 0.5) is 0 Å². The second-order valence-electron chi connectivity index (χ2n) is 5.61. The molecule has 2 heterocycles. The predicted molar refractivity (Wildman–Crippen MR) is 100 cm³/mol. The van der Waals surface area contributed by atoms with Gasteiger partial charge in [-0.05, 0) is 30.3 Å². The number of furan rings is 1. The largest absolute Gasteiger partial charge is 0.464 e. The summed E-state index contributed by atoms with van der Waals surface area (Å²) in [5.74, 6) is 0. The lowest BCUT2D eigenvalue weighted by Crippen LogP contribution is -1.99. The first kappa shape index (κ1) is 15.9. The van der Waals surface area contributed by atoms with Crippen LogP contribution < -0.4 is 0 Å². The Labute approximate surface area is 157 Å². The van der Waals surface area contributed by atoms with Crippen molar-refractivity contribution in [3.63, 3.8) is 0 Å². The Balaban J connectivity index is 1.73. The van der Waals surface area contributed by atoms with Gasteiger partial charge in [-0.3, -0.25) is 4.68 Å². The van der Waals surface area contributed by atoms with E-state index in [-0.39, 0.29) is 0 Å². The van der Waals surface area contributed by atoms with E-state index < -0.39 is 0 Å². The monoisotopic (exact) mass is 411 g/mol. The lowest BCUT2D eigenvalue weighted by atomic mass is 10.1. The topological polar surface area (TPSA) is 54.8 Å². The molecule has 2 aromatic heterocycles. The van der Waals surface area contributed by atoms with E-state index in [1.165, 1.54) is 0 Å². The van der Waals surface area contributed by atoms with Crippen LogP contribution in [-0.2, 0) is 6.54 Å². The summed E-state index contributed by atoms with van der Waals surface area (Å²) in [5, 5.41) is 15.7. The molecule has 0 fully saturated rings. The molecule has 0 aliphatic carbocycles. The molecule has 122 valence electrons. The van der Waals surface area contributed by atoms with E-state index >= 15 is 0 Å². The molecule has 0 saturated heterocycles. The second-order valence-corrected chi connectivity index (χ2v) is 6.96. The van der Waals surface area contributed by atoms with Crippen LogP contribution in [0, 0.1) is 11.3 Å². The van der Waals surface area contributed by atoms with Crippen LogP contribution in [-0.4, -0.2) is 9.78 Å². The number of rotatable bonds is 3. The Bertz CT molecular complexity index is 1110. The smallest absolute Gasteiger partial charge is 0.134 e. The molecule has 0 amide bonds. The van der Waals surface area contributed by atoms with E-state index in [4.69, 9.17) is 16.0 Å². The molecule has 0 bridgehead atoms. The van der Waals surface area contributed by atoms with Crippen molar-refractivity contribution in [3.8, 4) is 17.3 Å². The van der Waals surface area contributed by atoms with Gasteiger partial charge in [-0.2, -0.15) is 10.4 Å². The average Bonchev–Trinajstić information content (AvgIpc) is 3.20. The number of fused-ring (bicyclic) bond motifs is 1. The summed E-state index contributed by atoms with van der Waals surface area (Å²) in [6.45, 7) is 0.520. The lowest BCUT2D eigenvalue weighted by Gasteiger charge is -2.00. The maximum absolute atomic E-state index is 9.43. The Kier molecular flexibility index (Phi) is 4.08. The summed E-state index contributed by atoms with van der Waals surface area (Å²) in [5.41, 5.74) is 3.86. The van der Waals surface area contributed by atoms with Gasteiger partial charge in [0.1, 0.15) is 17.3 Å². The highest BCUT2D eigenvalue weighted by Gasteiger charge is 2.13. The third-order valence-electron chi connectivity index (χ3n) is 3.95. The zero-order valence-electron chi connectivity index (χ0n) is 12.9. The fourth-order valence-electron chi connectivity index (χ4n) is 2.76. The summed E-state index contributed by atoms with van der Waals surface area (Å²) in [6, 6.07) is 15.4. The van der Waals surface area contributed by atoms with Gasteiger partial charge < -0.3 is 4.42 Å². The van der Waals surface area contributed by atoms with Crippen LogP contribution in [0.15, 0.2) is 63.8 Å². The fourth-order valence-corrected chi connectivity index (χ4v) is 3.24. The van der Waals surface area contributed by atoms with Crippen LogP contribution in [0.2, 0.25) is 5.02 Å². The van der Waals surface area contributed by atoms with Crippen molar-refractivity contribution >= 4 is 38.5 Å². The van der Waals surface area contributed by atoms with Gasteiger partial charge in [0.25, 0.3) is 0 Å². The van der Waals surface area contributed by atoms with Crippen molar-refractivity contribution in [1.82, 2.24) is 9.78 Å². The second kappa shape index (κ2) is 6.40. The van der Waals surface area contributed by atoms with Crippen molar-refractivity contribution in [3.05, 3.63) is 75.5 Å².